The molecule has 0 heterocycles. The number of rotatable bonds is 55. The van der Waals surface area contributed by atoms with Crippen LogP contribution in [0.4, 0.5) is 0 Å². The van der Waals surface area contributed by atoms with Crippen molar-refractivity contribution in [3.63, 3.8) is 0 Å². The van der Waals surface area contributed by atoms with Gasteiger partial charge in [-0.25, -0.2) is 0 Å². The maximum atomic E-state index is 12.9. The molecule has 0 saturated carbocycles. The lowest BCUT2D eigenvalue weighted by atomic mass is 10.1. The van der Waals surface area contributed by atoms with E-state index in [1.54, 1.807) is 0 Å². The van der Waals surface area contributed by atoms with Crippen molar-refractivity contribution in [1.82, 2.24) is 0 Å². The molecule has 6 nitrogen and oxygen atoms in total. The maximum Gasteiger partial charge on any atom is 0.306 e. The topological polar surface area (TPSA) is 78.9 Å². The highest BCUT2D eigenvalue weighted by molar-refractivity contribution is 5.71. The third-order valence-corrected chi connectivity index (χ3v) is 12.9. The van der Waals surface area contributed by atoms with Gasteiger partial charge in [0.1, 0.15) is 13.2 Å². The van der Waals surface area contributed by atoms with E-state index in [0.717, 1.165) is 148 Å². The first-order chi connectivity index (χ1) is 37.5. The van der Waals surface area contributed by atoms with Gasteiger partial charge in [-0.3, -0.25) is 14.4 Å². The van der Waals surface area contributed by atoms with Crippen LogP contribution < -0.4 is 0 Å². The minimum absolute atomic E-state index is 0.0992. The molecule has 0 aromatic rings. The van der Waals surface area contributed by atoms with Crippen LogP contribution in [0.1, 0.15) is 271 Å². The van der Waals surface area contributed by atoms with E-state index in [9.17, 15) is 14.4 Å². The van der Waals surface area contributed by atoms with Gasteiger partial charge in [-0.1, -0.05) is 251 Å². The molecule has 430 valence electrons. The summed E-state index contributed by atoms with van der Waals surface area (Å²) in [4.78, 5) is 38.2. The van der Waals surface area contributed by atoms with Crippen molar-refractivity contribution < 1.29 is 28.6 Å². The first-order valence-corrected chi connectivity index (χ1v) is 31.2. The Morgan fingerprint density at radius 2 is 0.526 bits per heavy atom. The Kier molecular flexibility index (Phi) is 59.4. The van der Waals surface area contributed by atoms with Crippen molar-refractivity contribution in [2.75, 3.05) is 13.2 Å². The predicted molar refractivity (Wildman–Crippen MR) is 329 cm³/mol. The minimum Gasteiger partial charge on any atom is -0.462 e. The van der Waals surface area contributed by atoms with E-state index in [4.69, 9.17) is 14.2 Å². The zero-order valence-corrected chi connectivity index (χ0v) is 49.2. The third kappa shape index (κ3) is 60.4. The molecule has 0 aromatic carbocycles. The van der Waals surface area contributed by atoms with Gasteiger partial charge in [-0.15, -0.1) is 0 Å². The summed E-state index contributed by atoms with van der Waals surface area (Å²) in [5, 5.41) is 0. The molecule has 0 bridgehead atoms. The molecule has 1 unspecified atom stereocenters. The van der Waals surface area contributed by atoms with Crippen molar-refractivity contribution in [3.05, 3.63) is 134 Å². The SMILES string of the molecule is CC/C=C\C/C=C\C/C=C\C/C=C\C/C=C\C/C=C\C/C=C\C/C=C\C/C=C\CCCCCC(=O)OCC(COC(=O)CCCCCCC/C=C\CCCC)OC(=O)CCCCCCC/C=C\CCCCCCCCC. The van der Waals surface area contributed by atoms with E-state index in [1.165, 1.54) is 83.5 Å². The number of esters is 3. The molecule has 0 aliphatic heterocycles. The summed E-state index contributed by atoms with van der Waals surface area (Å²) in [6, 6.07) is 0. The lowest BCUT2D eigenvalue weighted by Crippen LogP contribution is -2.30. The van der Waals surface area contributed by atoms with Gasteiger partial charge in [-0.05, 0) is 135 Å². The molecule has 76 heavy (non-hydrogen) atoms. The zero-order valence-electron chi connectivity index (χ0n) is 49.2. The summed E-state index contributed by atoms with van der Waals surface area (Å²) >= 11 is 0. The summed E-state index contributed by atoms with van der Waals surface area (Å²) < 4.78 is 16.8. The Bertz CT molecular complexity index is 1630. The van der Waals surface area contributed by atoms with Gasteiger partial charge in [0.2, 0.25) is 0 Å². The molecular formula is C70H114O6. The molecule has 0 amide bonds. The van der Waals surface area contributed by atoms with E-state index in [1.807, 2.05) is 0 Å². The fourth-order valence-corrected chi connectivity index (χ4v) is 8.17. The van der Waals surface area contributed by atoms with E-state index in [-0.39, 0.29) is 31.1 Å². The average Bonchev–Trinajstić information content (AvgIpc) is 3.42. The van der Waals surface area contributed by atoms with Crippen molar-refractivity contribution in [3.8, 4) is 0 Å². The molecule has 0 radical (unpaired) electrons. The molecule has 0 spiro atoms. The summed E-state index contributed by atoms with van der Waals surface area (Å²) in [6.07, 6.45) is 88.9. The van der Waals surface area contributed by atoms with Crippen LogP contribution in [0.2, 0.25) is 0 Å². The van der Waals surface area contributed by atoms with Crippen LogP contribution in [-0.2, 0) is 28.6 Å². The van der Waals surface area contributed by atoms with Crippen LogP contribution in [0, 0.1) is 0 Å². The van der Waals surface area contributed by atoms with Crippen LogP contribution >= 0.6 is 0 Å². The molecule has 0 aliphatic rings. The van der Waals surface area contributed by atoms with Gasteiger partial charge in [0.15, 0.2) is 6.10 Å². The van der Waals surface area contributed by atoms with E-state index < -0.39 is 6.10 Å². The smallest absolute Gasteiger partial charge is 0.306 e. The van der Waals surface area contributed by atoms with Crippen LogP contribution in [-0.4, -0.2) is 37.2 Å². The summed E-state index contributed by atoms with van der Waals surface area (Å²) in [7, 11) is 0. The molecule has 0 fully saturated rings. The second-order valence-electron chi connectivity index (χ2n) is 20.2. The fourth-order valence-electron chi connectivity index (χ4n) is 8.17. The van der Waals surface area contributed by atoms with E-state index >= 15 is 0 Å². The maximum absolute atomic E-state index is 12.9. The number of carbonyl (C=O) groups is 3. The second kappa shape index (κ2) is 63.1. The van der Waals surface area contributed by atoms with Crippen molar-refractivity contribution >= 4 is 17.9 Å². The molecule has 0 rings (SSSR count). The molecule has 0 N–H and O–H groups in total. The number of unbranched alkanes of at least 4 members (excludes halogenated alkanes) is 22. The van der Waals surface area contributed by atoms with Crippen molar-refractivity contribution in [2.24, 2.45) is 0 Å². The Morgan fingerprint density at radius 3 is 0.868 bits per heavy atom. The first kappa shape index (κ1) is 71.5. The number of hydrogen-bond donors (Lipinski definition) is 0. The third-order valence-electron chi connectivity index (χ3n) is 12.9. The highest BCUT2D eigenvalue weighted by Crippen LogP contribution is 2.14. The second-order valence-corrected chi connectivity index (χ2v) is 20.2. The number of allylic oxidation sites excluding steroid dienone is 22. The Labute approximate surface area is 468 Å². The predicted octanol–water partition coefficient (Wildman–Crippen LogP) is 21.4. The Morgan fingerprint density at radius 1 is 0.276 bits per heavy atom. The Hall–Kier alpha value is -4.45. The highest BCUT2D eigenvalue weighted by atomic mass is 16.6. The van der Waals surface area contributed by atoms with Crippen molar-refractivity contribution in [1.29, 1.82) is 0 Å². The standard InChI is InChI=1S/C70H114O6/c1-4-7-10-13-16-19-22-24-26-28-29-30-31-32-33-34-35-36-37-38-39-40-41-42-44-45-48-51-54-57-60-63-69(72)75-66-67(65-74-68(71)62-59-56-53-50-47-21-18-15-12-9-6-3)76-70(73)64-61-58-55-52-49-46-43-27-25-23-20-17-14-11-8-5-2/h7,10,15-16,18-19,24,26-27,29-30,32-33,35-36,38-39,41-43,45,48,67H,4-6,8-9,11-14,17,20-23,25,28,31,34,37,40,44,46-47,49-66H2,1-3H3/b10-7-,18-15-,19-16-,26-24-,30-29-,33-32-,36-35-,39-38-,42-41-,43-27-,48-45-. The van der Waals surface area contributed by atoms with Gasteiger partial charge >= 0.3 is 17.9 Å². The highest BCUT2D eigenvalue weighted by Gasteiger charge is 2.19. The lowest BCUT2D eigenvalue weighted by Gasteiger charge is -2.18. The van der Waals surface area contributed by atoms with E-state index in [0.29, 0.717) is 19.3 Å². The minimum atomic E-state index is -0.804. The average molecular weight is 1050 g/mol. The quantitative estimate of drug-likeness (QED) is 0.0261. The van der Waals surface area contributed by atoms with E-state index in [2.05, 4.69) is 154 Å². The molecule has 0 aliphatic carbocycles. The molecule has 1 atom stereocenters. The first-order valence-electron chi connectivity index (χ1n) is 31.2. The number of ether oxygens (including phenoxy) is 3. The monoisotopic (exact) mass is 1050 g/mol. The zero-order chi connectivity index (χ0) is 55.0. The van der Waals surface area contributed by atoms with Gasteiger partial charge in [0, 0.05) is 19.3 Å². The number of hydrogen-bond acceptors (Lipinski definition) is 6. The van der Waals surface area contributed by atoms with Crippen LogP contribution in [0.15, 0.2) is 134 Å². The molecular weight excluding hydrogens is 937 g/mol. The fraction of sp³-hybridized carbons (Fsp3) is 0.643. The largest absolute Gasteiger partial charge is 0.462 e. The summed E-state index contributed by atoms with van der Waals surface area (Å²) in [5.74, 6) is -0.952. The molecule has 0 aromatic heterocycles. The summed E-state index contributed by atoms with van der Waals surface area (Å²) in [6.45, 7) is 6.44. The molecule has 0 saturated heterocycles. The van der Waals surface area contributed by atoms with Crippen molar-refractivity contribution in [2.45, 2.75) is 277 Å². The summed E-state index contributed by atoms with van der Waals surface area (Å²) in [5.41, 5.74) is 0. The normalized spacial score (nSPS) is 13.0. The lowest BCUT2D eigenvalue weighted by molar-refractivity contribution is -0.167. The van der Waals surface area contributed by atoms with Gasteiger partial charge in [0.05, 0.1) is 0 Å². The van der Waals surface area contributed by atoms with Gasteiger partial charge < -0.3 is 14.2 Å². The molecule has 6 heteroatoms. The number of carbonyl (C=O) groups excluding carboxylic acids is 3. The van der Waals surface area contributed by atoms with Crippen LogP contribution in [0.5, 0.6) is 0 Å². The Balaban J connectivity index is 4.36. The van der Waals surface area contributed by atoms with Crippen LogP contribution in [0.25, 0.3) is 0 Å². The van der Waals surface area contributed by atoms with Gasteiger partial charge in [0.25, 0.3) is 0 Å². The van der Waals surface area contributed by atoms with Gasteiger partial charge in [-0.2, -0.15) is 0 Å². The van der Waals surface area contributed by atoms with Crippen LogP contribution in [0.3, 0.4) is 0 Å².